The van der Waals surface area contributed by atoms with Gasteiger partial charge in [-0.15, -0.1) is 0 Å². The smallest absolute Gasteiger partial charge is 0.333 e. The van der Waals surface area contributed by atoms with Crippen molar-refractivity contribution in [2.45, 2.75) is 33.1 Å². The van der Waals surface area contributed by atoms with Crippen molar-refractivity contribution in [1.29, 1.82) is 0 Å². The molecule has 0 aliphatic rings. The van der Waals surface area contributed by atoms with Crippen molar-refractivity contribution < 1.29 is 14.3 Å². The Bertz CT molecular complexity index is 265. The lowest BCUT2D eigenvalue weighted by atomic mass is 10.1. The number of ether oxygens (including phenoxy) is 1. The van der Waals surface area contributed by atoms with Gasteiger partial charge in [-0.3, -0.25) is 0 Å². The van der Waals surface area contributed by atoms with E-state index in [0.29, 0.717) is 25.1 Å². The number of carbonyl (C=O) groups is 1. The maximum absolute atomic E-state index is 11.4. The molecule has 4 heteroatoms. The van der Waals surface area contributed by atoms with Gasteiger partial charge in [0.2, 0.25) is 6.08 Å². The van der Waals surface area contributed by atoms with E-state index in [1.807, 2.05) is 13.8 Å². The number of isocyanates is 1. The van der Waals surface area contributed by atoms with Crippen LogP contribution in [0.2, 0.25) is 0 Å². The third kappa shape index (κ3) is 6.63. The van der Waals surface area contributed by atoms with Crippen molar-refractivity contribution in [3.05, 3.63) is 11.6 Å². The minimum atomic E-state index is -0.269. The SMILES string of the molecule is C/C=C(\CCC)C(=O)OCCCN=C=O. The van der Waals surface area contributed by atoms with Gasteiger partial charge in [0.15, 0.2) is 0 Å². The molecule has 84 valence electrons. The van der Waals surface area contributed by atoms with Crippen LogP contribution in [0.4, 0.5) is 0 Å². The summed E-state index contributed by atoms with van der Waals surface area (Å²) in [5, 5.41) is 0. The molecule has 0 saturated carbocycles. The second-order valence-electron chi connectivity index (χ2n) is 3.03. The molecule has 0 atom stereocenters. The average molecular weight is 211 g/mol. The van der Waals surface area contributed by atoms with E-state index in [1.54, 1.807) is 6.08 Å². The zero-order valence-corrected chi connectivity index (χ0v) is 9.28. The fourth-order valence-corrected chi connectivity index (χ4v) is 1.08. The summed E-state index contributed by atoms with van der Waals surface area (Å²) in [7, 11) is 0. The molecule has 0 unspecified atom stereocenters. The molecule has 0 heterocycles. The molecule has 0 rings (SSSR count). The molecular formula is C11H17NO3. The minimum Gasteiger partial charge on any atom is -0.462 e. The van der Waals surface area contributed by atoms with Crippen LogP contribution in [-0.4, -0.2) is 25.2 Å². The molecule has 0 radical (unpaired) electrons. The Hall–Kier alpha value is -1.41. The van der Waals surface area contributed by atoms with Gasteiger partial charge in [0.25, 0.3) is 0 Å². The number of aliphatic imine (C=N–C) groups is 1. The van der Waals surface area contributed by atoms with Gasteiger partial charge in [-0.2, -0.15) is 0 Å². The third-order valence-corrected chi connectivity index (χ3v) is 1.84. The molecule has 0 amide bonds. The number of esters is 1. The van der Waals surface area contributed by atoms with Crippen LogP contribution in [0, 0.1) is 0 Å². The van der Waals surface area contributed by atoms with Gasteiger partial charge in [0.05, 0.1) is 13.2 Å². The minimum absolute atomic E-state index is 0.269. The summed E-state index contributed by atoms with van der Waals surface area (Å²) >= 11 is 0. The van der Waals surface area contributed by atoms with Crippen molar-refractivity contribution >= 4 is 12.0 Å². The molecule has 0 spiro atoms. The number of hydrogen-bond acceptors (Lipinski definition) is 4. The van der Waals surface area contributed by atoms with Crippen LogP contribution in [0.3, 0.4) is 0 Å². The summed E-state index contributed by atoms with van der Waals surface area (Å²) in [6, 6.07) is 0. The summed E-state index contributed by atoms with van der Waals surface area (Å²) in [4.78, 5) is 24.5. The van der Waals surface area contributed by atoms with Gasteiger partial charge >= 0.3 is 5.97 Å². The van der Waals surface area contributed by atoms with Gasteiger partial charge in [-0.25, -0.2) is 14.6 Å². The predicted octanol–water partition coefficient (Wildman–Crippen LogP) is 2.00. The normalized spacial score (nSPS) is 10.7. The first-order valence-corrected chi connectivity index (χ1v) is 5.12. The maximum Gasteiger partial charge on any atom is 0.333 e. The van der Waals surface area contributed by atoms with Crippen LogP contribution < -0.4 is 0 Å². The molecule has 15 heavy (non-hydrogen) atoms. The highest BCUT2D eigenvalue weighted by atomic mass is 16.5. The summed E-state index contributed by atoms with van der Waals surface area (Å²) in [5.41, 5.74) is 0.705. The predicted molar refractivity (Wildman–Crippen MR) is 57.2 cm³/mol. The van der Waals surface area contributed by atoms with E-state index in [1.165, 1.54) is 6.08 Å². The maximum atomic E-state index is 11.4. The highest BCUT2D eigenvalue weighted by Gasteiger charge is 2.07. The van der Waals surface area contributed by atoms with Gasteiger partial charge in [0, 0.05) is 12.0 Å². The molecule has 0 aromatic heterocycles. The van der Waals surface area contributed by atoms with Crippen LogP contribution in [0.15, 0.2) is 16.6 Å². The Morgan fingerprint density at radius 1 is 1.53 bits per heavy atom. The van der Waals surface area contributed by atoms with Crippen LogP contribution in [0.5, 0.6) is 0 Å². The van der Waals surface area contributed by atoms with Crippen molar-refractivity contribution in [1.82, 2.24) is 0 Å². The first-order valence-electron chi connectivity index (χ1n) is 5.12. The van der Waals surface area contributed by atoms with Crippen molar-refractivity contribution in [3.63, 3.8) is 0 Å². The highest BCUT2D eigenvalue weighted by molar-refractivity contribution is 5.88. The fraction of sp³-hybridized carbons (Fsp3) is 0.636. The molecule has 0 saturated heterocycles. The molecule has 0 bridgehead atoms. The van der Waals surface area contributed by atoms with Gasteiger partial charge < -0.3 is 4.74 Å². The monoisotopic (exact) mass is 211 g/mol. The lowest BCUT2D eigenvalue weighted by Crippen LogP contribution is -2.09. The highest BCUT2D eigenvalue weighted by Crippen LogP contribution is 2.06. The van der Waals surface area contributed by atoms with E-state index in [4.69, 9.17) is 4.74 Å². The average Bonchev–Trinajstić information content (AvgIpc) is 2.25. The Morgan fingerprint density at radius 3 is 2.80 bits per heavy atom. The largest absolute Gasteiger partial charge is 0.462 e. The van der Waals surface area contributed by atoms with E-state index in [9.17, 15) is 9.59 Å². The summed E-state index contributed by atoms with van der Waals surface area (Å²) in [5.74, 6) is -0.269. The fourth-order valence-electron chi connectivity index (χ4n) is 1.08. The lowest BCUT2D eigenvalue weighted by Gasteiger charge is -2.05. The number of carbonyl (C=O) groups excluding carboxylic acids is 2. The van der Waals surface area contributed by atoms with Crippen molar-refractivity contribution in [2.24, 2.45) is 4.99 Å². The Kier molecular flexibility index (Phi) is 8.30. The summed E-state index contributed by atoms with van der Waals surface area (Å²) < 4.78 is 5.00. The number of nitrogens with zero attached hydrogens (tertiary/aromatic N) is 1. The summed E-state index contributed by atoms with van der Waals surface area (Å²) in [6.45, 7) is 4.49. The topological polar surface area (TPSA) is 55.7 Å². The first kappa shape index (κ1) is 13.6. The van der Waals surface area contributed by atoms with Gasteiger partial charge in [-0.1, -0.05) is 19.4 Å². The van der Waals surface area contributed by atoms with Gasteiger partial charge in [-0.05, 0) is 13.3 Å². The molecule has 0 aromatic carbocycles. The zero-order chi connectivity index (χ0) is 11.5. The Morgan fingerprint density at radius 2 is 2.27 bits per heavy atom. The third-order valence-electron chi connectivity index (χ3n) is 1.84. The van der Waals surface area contributed by atoms with E-state index in [0.717, 1.165) is 12.8 Å². The first-order chi connectivity index (χ1) is 7.26. The molecule has 0 aliphatic heterocycles. The van der Waals surface area contributed by atoms with Gasteiger partial charge in [0.1, 0.15) is 0 Å². The molecular weight excluding hydrogens is 194 g/mol. The molecule has 0 aromatic rings. The van der Waals surface area contributed by atoms with E-state index in [-0.39, 0.29) is 5.97 Å². The number of rotatable bonds is 7. The second-order valence-corrected chi connectivity index (χ2v) is 3.03. The van der Waals surface area contributed by atoms with Crippen LogP contribution in [0.1, 0.15) is 33.1 Å². The van der Waals surface area contributed by atoms with Crippen molar-refractivity contribution in [3.8, 4) is 0 Å². The number of allylic oxidation sites excluding steroid dienone is 1. The van der Waals surface area contributed by atoms with Crippen LogP contribution >= 0.6 is 0 Å². The van der Waals surface area contributed by atoms with Crippen molar-refractivity contribution in [2.75, 3.05) is 13.2 Å². The molecule has 0 fully saturated rings. The standard InChI is InChI=1S/C11H17NO3/c1-3-6-10(4-2)11(14)15-8-5-7-12-9-13/h4H,3,5-8H2,1-2H3/b10-4+. The lowest BCUT2D eigenvalue weighted by molar-refractivity contribution is -0.139. The Labute approximate surface area is 90.0 Å². The van der Waals surface area contributed by atoms with Crippen LogP contribution in [-0.2, 0) is 14.3 Å². The van der Waals surface area contributed by atoms with Crippen LogP contribution in [0.25, 0.3) is 0 Å². The molecule has 0 aliphatic carbocycles. The van der Waals surface area contributed by atoms with E-state index >= 15 is 0 Å². The molecule has 0 N–H and O–H groups in total. The molecule has 4 nitrogen and oxygen atoms in total. The summed E-state index contributed by atoms with van der Waals surface area (Å²) in [6.07, 6.45) is 5.42. The zero-order valence-electron chi connectivity index (χ0n) is 9.28. The van der Waals surface area contributed by atoms with E-state index < -0.39 is 0 Å². The Balaban J connectivity index is 3.76. The quantitative estimate of drug-likeness (QED) is 0.213. The number of hydrogen-bond donors (Lipinski definition) is 0. The second kappa shape index (κ2) is 9.16. The van der Waals surface area contributed by atoms with E-state index in [2.05, 4.69) is 4.99 Å².